The van der Waals surface area contributed by atoms with Crippen molar-refractivity contribution in [3.05, 3.63) is 71.2 Å². The zero-order valence-corrected chi connectivity index (χ0v) is 15.8. The maximum Gasteiger partial charge on any atom is 0.252 e. The molecule has 8 nitrogen and oxygen atoms in total. The normalized spacial score (nSPS) is 10.8. The number of carbonyl (C=O) groups excluding carboxylic acids is 1. The number of aromatic nitrogens is 4. The van der Waals surface area contributed by atoms with E-state index in [4.69, 9.17) is 4.42 Å². The average molecular weight is 389 g/mol. The fourth-order valence-corrected chi connectivity index (χ4v) is 2.91. The molecule has 0 radical (unpaired) electrons. The first kappa shape index (κ1) is 18.4. The third-order valence-electron chi connectivity index (χ3n) is 4.23. The number of carbonyl (C=O) groups is 1. The summed E-state index contributed by atoms with van der Waals surface area (Å²) in [6, 6.07) is 16.0. The van der Waals surface area contributed by atoms with Gasteiger partial charge in [0, 0.05) is 24.1 Å². The zero-order chi connectivity index (χ0) is 20.2. The molecule has 0 fully saturated rings. The van der Waals surface area contributed by atoms with Crippen molar-refractivity contribution in [1.82, 2.24) is 19.7 Å². The lowest BCUT2D eigenvalue weighted by Gasteiger charge is -2.09. The lowest BCUT2D eigenvalue weighted by Crippen LogP contribution is -2.18. The Labute approximate surface area is 166 Å². The number of hydrogen-bond donors (Lipinski definition) is 2. The van der Waals surface area contributed by atoms with Gasteiger partial charge in [-0.1, -0.05) is 37.3 Å². The monoisotopic (exact) mass is 389 g/mol. The number of hydrogen-bond acceptors (Lipinski definition) is 5. The maximum atomic E-state index is 12.3. The Morgan fingerprint density at radius 3 is 2.69 bits per heavy atom. The summed E-state index contributed by atoms with van der Waals surface area (Å²) in [4.78, 5) is 31.7. The molecule has 146 valence electrons. The lowest BCUT2D eigenvalue weighted by atomic mass is 10.1. The Morgan fingerprint density at radius 2 is 1.97 bits per heavy atom. The van der Waals surface area contributed by atoms with Crippen LogP contribution in [0, 0.1) is 0 Å². The molecule has 2 N–H and O–H groups in total. The molecule has 29 heavy (non-hydrogen) atoms. The second kappa shape index (κ2) is 7.97. The fraction of sp³-hybridized carbons (Fsp3) is 0.143. The fourth-order valence-electron chi connectivity index (χ4n) is 2.91. The van der Waals surface area contributed by atoms with E-state index < -0.39 is 0 Å². The van der Waals surface area contributed by atoms with Gasteiger partial charge in [0.2, 0.25) is 11.9 Å². The van der Waals surface area contributed by atoms with Crippen LogP contribution in [0.5, 0.6) is 0 Å². The lowest BCUT2D eigenvalue weighted by molar-refractivity contribution is -0.116. The summed E-state index contributed by atoms with van der Waals surface area (Å²) < 4.78 is 6.81. The first-order valence-corrected chi connectivity index (χ1v) is 9.25. The van der Waals surface area contributed by atoms with E-state index in [-0.39, 0.29) is 17.4 Å². The first-order valence-electron chi connectivity index (χ1n) is 9.25. The van der Waals surface area contributed by atoms with E-state index in [1.54, 1.807) is 24.5 Å². The van der Waals surface area contributed by atoms with E-state index in [9.17, 15) is 9.59 Å². The summed E-state index contributed by atoms with van der Waals surface area (Å²) in [5, 5.41) is 7.32. The van der Waals surface area contributed by atoms with Crippen LogP contribution in [-0.2, 0) is 4.79 Å². The van der Waals surface area contributed by atoms with Crippen molar-refractivity contribution >= 4 is 11.7 Å². The van der Waals surface area contributed by atoms with Crippen LogP contribution in [0.2, 0.25) is 0 Å². The second-order valence-corrected chi connectivity index (χ2v) is 6.42. The molecule has 0 aliphatic rings. The molecule has 1 amide bonds. The van der Waals surface area contributed by atoms with Gasteiger partial charge >= 0.3 is 0 Å². The zero-order valence-electron chi connectivity index (χ0n) is 15.8. The molecule has 0 unspecified atom stereocenters. The molecule has 0 atom stereocenters. The Hall–Kier alpha value is -3.94. The van der Waals surface area contributed by atoms with Crippen LogP contribution in [0.4, 0.5) is 5.82 Å². The number of H-pyrrole nitrogens is 1. The molecule has 4 aromatic rings. The third-order valence-corrected chi connectivity index (χ3v) is 4.23. The van der Waals surface area contributed by atoms with Crippen molar-refractivity contribution in [2.45, 2.75) is 19.8 Å². The molecule has 0 saturated carbocycles. The van der Waals surface area contributed by atoms with Gasteiger partial charge in [-0.2, -0.15) is 9.78 Å². The van der Waals surface area contributed by atoms with Gasteiger partial charge in [-0.3, -0.25) is 14.6 Å². The van der Waals surface area contributed by atoms with E-state index in [0.717, 1.165) is 5.56 Å². The van der Waals surface area contributed by atoms with Crippen LogP contribution >= 0.6 is 0 Å². The first-order chi connectivity index (χ1) is 14.1. The highest BCUT2D eigenvalue weighted by Crippen LogP contribution is 2.25. The van der Waals surface area contributed by atoms with Crippen molar-refractivity contribution in [2.75, 3.05) is 5.32 Å². The van der Waals surface area contributed by atoms with Crippen LogP contribution in [0.15, 0.2) is 70.1 Å². The van der Waals surface area contributed by atoms with Crippen molar-refractivity contribution < 1.29 is 9.21 Å². The number of benzene rings is 1. The number of nitrogens with one attached hydrogen (secondary N) is 2. The predicted octanol–water partition coefficient (Wildman–Crippen LogP) is 3.62. The number of furan rings is 1. The smallest absolute Gasteiger partial charge is 0.252 e. The second-order valence-electron chi connectivity index (χ2n) is 6.42. The minimum absolute atomic E-state index is 0.152. The molecule has 1 aromatic carbocycles. The molecular formula is C21H19N5O3. The molecule has 0 bridgehead atoms. The number of anilines is 1. The van der Waals surface area contributed by atoms with Crippen LogP contribution < -0.4 is 10.9 Å². The molecular weight excluding hydrogens is 370 g/mol. The van der Waals surface area contributed by atoms with Gasteiger partial charge in [-0.05, 0) is 18.6 Å². The largest absolute Gasteiger partial charge is 0.463 e. The predicted molar refractivity (Wildman–Crippen MR) is 109 cm³/mol. The standard InChI is InChI=1S/C21H19N5O3/c1-2-7-19(27)23-18-12-16(17-10-6-11-29-17)25-26(18)21-22-15(13-20(28)24-21)14-8-4-3-5-9-14/h3-6,8-13H,2,7H2,1H3,(H,23,27)(H,22,24,28). The summed E-state index contributed by atoms with van der Waals surface area (Å²) in [5.74, 6) is 0.974. The summed E-state index contributed by atoms with van der Waals surface area (Å²) in [5.41, 5.74) is 1.49. The number of rotatable bonds is 6. The highest BCUT2D eigenvalue weighted by Gasteiger charge is 2.17. The highest BCUT2D eigenvalue weighted by molar-refractivity contribution is 5.90. The summed E-state index contributed by atoms with van der Waals surface area (Å²) in [7, 11) is 0. The van der Waals surface area contributed by atoms with Crippen LogP contribution in [0.1, 0.15) is 19.8 Å². The SMILES string of the molecule is CCCC(=O)Nc1cc(-c2ccco2)nn1-c1nc(-c2ccccc2)cc(=O)[nH]1. The molecule has 0 aliphatic carbocycles. The van der Waals surface area contributed by atoms with Crippen molar-refractivity contribution in [3.63, 3.8) is 0 Å². The van der Waals surface area contributed by atoms with E-state index in [1.165, 1.54) is 10.7 Å². The molecule has 0 aliphatic heterocycles. The van der Waals surface area contributed by atoms with Gasteiger partial charge in [0.1, 0.15) is 11.5 Å². The Kier molecular flexibility index (Phi) is 5.07. The van der Waals surface area contributed by atoms with Crippen molar-refractivity contribution in [1.29, 1.82) is 0 Å². The molecule has 8 heteroatoms. The highest BCUT2D eigenvalue weighted by atomic mass is 16.3. The molecule has 3 heterocycles. The van der Waals surface area contributed by atoms with E-state index in [0.29, 0.717) is 35.8 Å². The Bertz CT molecular complexity index is 1180. The van der Waals surface area contributed by atoms with E-state index in [2.05, 4.69) is 20.4 Å². The topological polar surface area (TPSA) is 106 Å². The Balaban J connectivity index is 1.82. The van der Waals surface area contributed by atoms with Crippen LogP contribution in [-0.4, -0.2) is 25.7 Å². The number of amides is 1. The van der Waals surface area contributed by atoms with Gasteiger partial charge in [0.25, 0.3) is 5.56 Å². The maximum absolute atomic E-state index is 12.3. The van der Waals surface area contributed by atoms with Crippen molar-refractivity contribution in [3.8, 4) is 28.7 Å². The average Bonchev–Trinajstić information content (AvgIpc) is 3.38. The van der Waals surface area contributed by atoms with Gasteiger partial charge in [0.05, 0.1) is 12.0 Å². The van der Waals surface area contributed by atoms with E-state index in [1.807, 2.05) is 37.3 Å². The van der Waals surface area contributed by atoms with Gasteiger partial charge < -0.3 is 9.73 Å². The molecule has 0 saturated heterocycles. The van der Waals surface area contributed by atoms with Crippen LogP contribution in [0.25, 0.3) is 28.7 Å². The minimum atomic E-state index is -0.324. The van der Waals surface area contributed by atoms with Crippen molar-refractivity contribution in [2.24, 2.45) is 0 Å². The Morgan fingerprint density at radius 1 is 1.14 bits per heavy atom. The third kappa shape index (κ3) is 4.01. The molecule has 0 spiro atoms. The van der Waals surface area contributed by atoms with Gasteiger partial charge in [-0.15, -0.1) is 0 Å². The summed E-state index contributed by atoms with van der Waals surface area (Å²) in [6.45, 7) is 1.92. The molecule has 3 aromatic heterocycles. The van der Waals surface area contributed by atoms with Crippen LogP contribution in [0.3, 0.4) is 0 Å². The summed E-state index contributed by atoms with van der Waals surface area (Å²) in [6.07, 6.45) is 2.62. The number of aromatic amines is 1. The minimum Gasteiger partial charge on any atom is -0.463 e. The molecule has 4 rings (SSSR count). The van der Waals surface area contributed by atoms with Gasteiger partial charge in [0.15, 0.2) is 5.76 Å². The van der Waals surface area contributed by atoms with Gasteiger partial charge in [-0.25, -0.2) is 4.98 Å². The number of nitrogens with zero attached hydrogens (tertiary/aromatic N) is 3. The quantitative estimate of drug-likeness (QED) is 0.524. The van der Waals surface area contributed by atoms with E-state index >= 15 is 0 Å². The summed E-state index contributed by atoms with van der Waals surface area (Å²) >= 11 is 0.